The van der Waals surface area contributed by atoms with Gasteiger partial charge in [-0.3, -0.25) is 0 Å². The lowest BCUT2D eigenvalue weighted by molar-refractivity contribution is 0.318. The summed E-state index contributed by atoms with van der Waals surface area (Å²) >= 11 is 0. The minimum atomic E-state index is -0.235. The van der Waals surface area contributed by atoms with Crippen LogP contribution in [0.15, 0.2) is 33.8 Å². The van der Waals surface area contributed by atoms with Gasteiger partial charge in [0.2, 0.25) is 5.71 Å². The fourth-order valence-corrected chi connectivity index (χ4v) is 1.09. The van der Waals surface area contributed by atoms with E-state index in [1.165, 1.54) is 0 Å². The molecule has 0 atom stereocenters. The minimum Gasteiger partial charge on any atom is -0.434 e. The molecule has 2 aromatic rings. The van der Waals surface area contributed by atoms with Crippen LogP contribution in [-0.4, -0.2) is 15.9 Å². The number of oxazole rings is 1. The van der Waals surface area contributed by atoms with Crippen molar-refractivity contribution in [2.24, 2.45) is 5.16 Å². The second-order valence-corrected chi connectivity index (χ2v) is 2.55. The van der Waals surface area contributed by atoms with Gasteiger partial charge in [-0.1, -0.05) is 17.3 Å². The Hall–Kier alpha value is -2.35. The van der Waals surface area contributed by atoms with Crippen molar-refractivity contribution < 1.29 is 9.62 Å². The van der Waals surface area contributed by atoms with Gasteiger partial charge >= 0.3 is 0 Å². The molecule has 0 amide bonds. The van der Waals surface area contributed by atoms with Gasteiger partial charge in [-0.25, -0.2) is 4.98 Å². The molecule has 0 radical (unpaired) electrons. The number of fused-ring (bicyclic) bond motifs is 1. The molecule has 0 aliphatic rings. The number of aromatic nitrogens is 1. The van der Waals surface area contributed by atoms with Crippen LogP contribution in [0.25, 0.3) is 11.1 Å². The maximum atomic E-state index is 8.56. The summed E-state index contributed by atoms with van der Waals surface area (Å²) in [4.78, 5) is 3.97. The monoisotopic (exact) mass is 187 g/mol. The zero-order valence-electron chi connectivity index (χ0n) is 7.01. The Balaban J connectivity index is 2.62. The van der Waals surface area contributed by atoms with Gasteiger partial charge in [-0.2, -0.15) is 5.26 Å². The molecule has 1 heterocycles. The first kappa shape index (κ1) is 8.26. The Labute approximate surface area is 78.9 Å². The van der Waals surface area contributed by atoms with Crippen LogP contribution in [0.4, 0.5) is 0 Å². The first-order valence-corrected chi connectivity index (χ1v) is 3.83. The van der Waals surface area contributed by atoms with E-state index in [2.05, 4.69) is 10.1 Å². The van der Waals surface area contributed by atoms with Crippen LogP contribution in [0.3, 0.4) is 0 Å². The molecule has 5 heteroatoms. The van der Waals surface area contributed by atoms with E-state index in [9.17, 15) is 0 Å². The van der Waals surface area contributed by atoms with Crippen molar-refractivity contribution in [3.05, 3.63) is 30.2 Å². The molecule has 14 heavy (non-hydrogen) atoms. The molecule has 1 N–H and O–H groups in total. The summed E-state index contributed by atoms with van der Waals surface area (Å²) in [5, 5.41) is 19.8. The van der Waals surface area contributed by atoms with Crippen molar-refractivity contribution in [3.63, 3.8) is 0 Å². The summed E-state index contributed by atoms with van der Waals surface area (Å²) < 4.78 is 5.19. The summed E-state index contributed by atoms with van der Waals surface area (Å²) in [6, 6.07) is 8.73. The topological polar surface area (TPSA) is 82.4 Å². The number of rotatable bonds is 1. The van der Waals surface area contributed by atoms with E-state index < -0.39 is 0 Å². The lowest BCUT2D eigenvalue weighted by Crippen LogP contribution is -1.96. The third-order valence-electron chi connectivity index (χ3n) is 1.70. The van der Waals surface area contributed by atoms with Crippen LogP contribution < -0.4 is 0 Å². The van der Waals surface area contributed by atoms with E-state index in [0.29, 0.717) is 11.1 Å². The lowest BCUT2D eigenvalue weighted by Gasteiger charge is -1.83. The predicted molar refractivity (Wildman–Crippen MR) is 47.9 cm³/mol. The Morgan fingerprint density at radius 2 is 2.29 bits per heavy atom. The van der Waals surface area contributed by atoms with Crippen LogP contribution >= 0.6 is 0 Å². The highest BCUT2D eigenvalue weighted by Crippen LogP contribution is 2.14. The molecule has 0 saturated carbocycles. The third kappa shape index (κ3) is 1.19. The third-order valence-corrected chi connectivity index (χ3v) is 1.70. The number of nitriles is 1. The van der Waals surface area contributed by atoms with E-state index in [-0.39, 0.29) is 11.6 Å². The Bertz CT molecular complexity index is 503. The fourth-order valence-electron chi connectivity index (χ4n) is 1.09. The van der Waals surface area contributed by atoms with Crippen LogP contribution in [0.1, 0.15) is 5.89 Å². The van der Waals surface area contributed by atoms with Crippen molar-refractivity contribution in [3.8, 4) is 6.07 Å². The molecule has 5 nitrogen and oxygen atoms in total. The van der Waals surface area contributed by atoms with Gasteiger partial charge in [0, 0.05) is 0 Å². The van der Waals surface area contributed by atoms with Crippen LogP contribution in [0.5, 0.6) is 0 Å². The largest absolute Gasteiger partial charge is 0.434 e. The molecule has 0 saturated heterocycles. The molecule has 0 fully saturated rings. The highest BCUT2D eigenvalue weighted by Gasteiger charge is 2.11. The molecule has 0 bridgehead atoms. The molecule has 68 valence electrons. The summed E-state index contributed by atoms with van der Waals surface area (Å²) in [5.41, 5.74) is 0.944. The van der Waals surface area contributed by atoms with E-state index >= 15 is 0 Å². The zero-order valence-corrected chi connectivity index (χ0v) is 7.01. The van der Waals surface area contributed by atoms with E-state index in [1.54, 1.807) is 30.3 Å². The predicted octanol–water partition coefficient (Wildman–Crippen LogP) is 1.53. The number of benzene rings is 1. The van der Waals surface area contributed by atoms with Crippen molar-refractivity contribution in [2.75, 3.05) is 0 Å². The minimum absolute atomic E-state index is 0.0243. The smallest absolute Gasteiger partial charge is 0.260 e. The Kier molecular flexibility index (Phi) is 1.88. The molecule has 0 unspecified atom stereocenters. The molecule has 0 aliphatic heterocycles. The first-order chi connectivity index (χ1) is 6.85. The molecule has 2 rings (SSSR count). The molecule has 1 aromatic carbocycles. The van der Waals surface area contributed by atoms with Crippen molar-refractivity contribution in [1.82, 2.24) is 4.98 Å². The lowest BCUT2D eigenvalue weighted by atomic mass is 10.3. The van der Waals surface area contributed by atoms with E-state index in [1.807, 2.05) is 0 Å². The number of nitrogens with zero attached hydrogens (tertiary/aromatic N) is 3. The Morgan fingerprint density at radius 1 is 1.50 bits per heavy atom. The summed E-state index contributed by atoms with van der Waals surface area (Å²) in [5.74, 6) is 0.0243. The van der Waals surface area contributed by atoms with Crippen molar-refractivity contribution >= 4 is 16.8 Å². The number of hydrogen-bond donors (Lipinski definition) is 1. The van der Waals surface area contributed by atoms with Gasteiger partial charge in [0.15, 0.2) is 5.58 Å². The summed E-state index contributed by atoms with van der Waals surface area (Å²) in [7, 11) is 0. The van der Waals surface area contributed by atoms with E-state index in [4.69, 9.17) is 14.9 Å². The average Bonchev–Trinajstić information content (AvgIpc) is 2.63. The highest BCUT2D eigenvalue weighted by atomic mass is 16.4. The average molecular weight is 187 g/mol. The zero-order chi connectivity index (χ0) is 9.97. The maximum absolute atomic E-state index is 8.56. The summed E-state index contributed by atoms with van der Waals surface area (Å²) in [6.45, 7) is 0. The SMILES string of the molecule is N#C/C(=N\O)c1nc2ccccc2o1. The first-order valence-electron chi connectivity index (χ1n) is 3.83. The van der Waals surface area contributed by atoms with Gasteiger partial charge in [-0.15, -0.1) is 0 Å². The van der Waals surface area contributed by atoms with E-state index in [0.717, 1.165) is 0 Å². The second-order valence-electron chi connectivity index (χ2n) is 2.55. The van der Waals surface area contributed by atoms with Crippen LogP contribution in [-0.2, 0) is 0 Å². The molecular weight excluding hydrogens is 182 g/mol. The standard InChI is InChI=1S/C9H5N3O2/c10-5-7(12-13)9-11-6-3-1-2-4-8(6)14-9/h1-4,13H/b12-7+. The molecular formula is C9H5N3O2. The number of hydrogen-bond acceptors (Lipinski definition) is 5. The molecule has 1 aromatic heterocycles. The normalized spacial score (nSPS) is 11.5. The van der Waals surface area contributed by atoms with Crippen molar-refractivity contribution in [1.29, 1.82) is 5.26 Å². The van der Waals surface area contributed by atoms with Gasteiger partial charge < -0.3 is 9.62 Å². The quantitative estimate of drug-likeness (QED) is 0.417. The van der Waals surface area contributed by atoms with Crippen molar-refractivity contribution in [2.45, 2.75) is 0 Å². The number of oxime groups is 1. The Morgan fingerprint density at radius 3 is 2.93 bits per heavy atom. The van der Waals surface area contributed by atoms with Gasteiger partial charge in [0.25, 0.3) is 5.89 Å². The second kappa shape index (κ2) is 3.18. The molecule has 0 spiro atoms. The van der Waals surface area contributed by atoms with Crippen LogP contribution in [0.2, 0.25) is 0 Å². The number of para-hydroxylation sites is 2. The highest BCUT2D eigenvalue weighted by molar-refractivity contribution is 6.09. The fraction of sp³-hybridized carbons (Fsp3) is 0. The van der Waals surface area contributed by atoms with Crippen LogP contribution in [0, 0.1) is 11.3 Å². The maximum Gasteiger partial charge on any atom is 0.260 e. The molecule has 0 aliphatic carbocycles. The summed E-state index contributed by atoms with van der Waals surface area (Å²) in [6.07, 6.45) is 0. The van der Waals surface area contributed by atoms with Gasteiger partial charge in [0.1, 0.15) is 11.6 Å². The van der Waals surface area contributed by atoms with Gasteiger partial charge in [-0.05, 0) is 12.1 Å². The van der Waals surface area contributed by atoms with Gasteiger partial charge in [0.05, 0.1) is 0 Å².